The zero-order chi connectivity index (χ0) is 17.3. The molecule has 0 saturated carbocycles. The topological polar surface area (TPSA) is 73.8 Å². The molecule has 3 aromatic rings. The van der Waals surface area contributed by atoms with Crippen LogP contribution in [0.25, 0.3) is 11.0 Å². The minimum absolute atomic E-state index is 0.421. The normalized spacial score (nSPS) is 11.1. The van der Waals surface area contributed by atoms with Crippen LogP contribution in [0.2, 0.25) is 0 Å². The maximum atomic E-state index is 11.6. The molecule has 6 heteroatoms. The summed E-state index contributed by atoms with van der Waals surface area (Å²) >= 11 is 3.36. The van der Waals surface area contributed by atoms with Gasteiger partial charge in [-0.05, 0) is 58.6 Å². The first-order valence-electron chi connectivity index (χ1n) is 7.89. The number of benzene rings is 1. The monoisotopic (exact) mass is 386 g/mol. The largest absolute Gasteiger partial charge is 0.366 e. The Bertz CT molecular complexity index is 900. The number of amides is 1. The molecule has 24 heavy (non-hydrogen) atoms. The van der Waals surface area contributed by atoms with Crippen LogP contribution in [0.5, 0.6) is 0 Å². The molecule has 124 valence electrons. The Morgan fingerprint density at radius 2 is 2.12 bits per heavy atom. The highest BCUT2D eigenvalue weighted by molar-refractivity contribution is 9.10. The molecule has 0 radical (unpaired) electrons. The van der Waals surface area contributed by atoms with Crippen molar-refractivity contribution in [3.8, 4) is 0 Å². The van der Waals surface area contributed by atoms with Crippen LogP contribution in [0.15, 0.2) is 35.1 Å². The molecule has 0 unspecified atom stereocenters. The van der Waals surface area contributed by atoms with Crippen LogP contribution in [-0.2, 0) is 13.0 Å². The number of pyridine rings is 1. The van der Waals surface area contributed by atoms with Crippen molar-refractivity contribution in [1.82, 2.24) is 14.5 Å². The molecule has 2 N–H and O–H groups in total. The lowest BCUT2D eigenvalue weighted by Crippen LogP contribution is -2.11. The molecule has 1 amide bonds. The van der Waals surface area contributed by atoms with E-state index in [4.69, 9.17) is 10.7 Å². The van der Waals surface area contributed by atoms with Gasteiger partial charge in [-0.2, -0.15) is 0 Å². The van der Waals surface area contributed by atoms with Gasteiger partial charge in [0.2, 0.25) is 5.91 Å². The number of nitrogens with zero attached hydrogens (tertiary/aromatic N) is 3. The number of nitrogens with two attached hydrogens (primary N) is 1. The van der Waals surface area contributed by atoms with E-state index in [0.717, 1.165) is 45.4 Å². The lowest BCUT2D eigenvalue weighted by Gasteiger charge is -2.10. The summed E-state index contributed by atoms with van der Waals surface area (Å²) in [6.07, 6.45) is 3.73. The van der Waals surface area contributed by atoms with E-state index in [1.165, 1.54) is 0 Å². The van der Waals surface area contributed by atoms with E-state index < -0.39 is 5.91 Å². The van der Waals surface area contributed by atoms with Gasteiger partial charge < -0.3 is 10.3 Å². The highest BCUT2D eigenvalue weighted by Gasteiger charge is 2.15. The predicted octanol–water partition coefficient (Wildman–Crippen LogP) is 3.60. The first kappa shape index (κ1) is 16.6. The summed E-state index contributed by atoms with van der Waals surface area (Å²) in [6.45, 7) is 4.75. The van der Waals surface area contributed by atoms with Gasteiger partial charge in [-0.1, -0.05) is 13.0 Å². The number of hydrogen-bond donors (Lipinski definition) is 1. The van der Waals surface area contributed by atoms with E-state index >= 15 is 0 Å². The number of hydrogen-bond acceptors (Lipinski definition) is 3. The van der Waals surface area contributed by atoms with Crippen LogP contribution in [-0.4, -0.2) is 20.4 Å². The Morgan fingerprint density at radius 1 is 1.33 bits per heavy atom. The van der Waals surface area contributed by atoms with Crippen LogP contribution in [0, 0.1) is 6.92 Å². The molecule has 0 spiro atoms. The van der Waals surface area contributed by atoms with E-state index in [9.17, 15) is 4.79 Å². The fourth-order valence-electron chi connectivity index (χ4n) is 2.86. The fraction of sp³-hybridized carbons (Fsp3) is 0.278. The number of halogens is 1. The summed E-state index contributed by atoms with van der Waals surface area (Å²) in [5, 5.41) is 0. The van der Waals surface area contributed by atoms with Crippen molar-refractivity contribution in [3.63, 3.8) is 0 Å². The Morgan fingerprint density at radius 3 is 2.75 bits per heavy atom. The summed E-state index contributed by atoms with van der Waals surface area (Å²) in [5.41, 5.74) is 9.90. The molecule has 0 aliphatic rings. The maximum Gasteiger partial charge on any atom is 0.248 e. The number of fused-ring (bicyclic) bond motifs is 1. The molecular formula is C18H19BrN4O. The number of aromatic nitrogens is 3. The van der Waals surface area contributed by atoms with Gasteiger partial charge in [0.1, 0.15) is 10.4 Å². The lowest BCUT2D eigenvalue weighted by atomic mass is 10.1. The first-order chi connectivity index (χ1) is 11.5. The van der Waals surface area contributed by atoms with E-state index in [1.54, 1.807) is 6.07 Å². The molecule has 0 saturated heterocycles. The number of primary amides is 1. The summed E-state index contributed by atoms with van der Waals surface area (Å²) in [6, 6.07) is 7.60. The van der Waals surface area contributed by atoms with Gasteiger partial charge in [-0.15, -0.1) is 0 Å². The third kappa shape index (κ3) is 3.19. The van der Waals surface area contributed by atoms with Gasteiger partial charge in [0.05, 0.1) is 17.6 Å². The van der Waals surface area contributed by atoms with E-state index in [2.05, 4.69) is 32.4 Å². The zero-order valence-corrected chi connectivity index (χ0v) is 15.3. The van der Waals surface area contributed by atoms with E-state index in [0.29, 0.717) is 12.1 Å². The molecular weight excluding hydrogens is 368 g/mol. The van der Waals surface area contributed by atoms with Crippen LogP contribution in [0.4, 0.5) is 0 Å². The van der Waals surface area contributed by atoms with Gasteiger partial charge in [0.25, 0.3) is 0 Å². The van der Waals surface area contributed by atoms with Gasteiger partial charge in [0, 0.05) is 18.2 Å². The molecule has 3 rings (SSSR count). The van der Waals surface area contributed by atoms with Crippen molar-refractivity contribution in [1.29, 1.82) is 0 Å². The van der Waals surface area contributed by atoms with Crippen molar-refractivity contribution in [2.45, 2.75) is 33.2 Å². The molecule has 5 nitrogen and oxygen atoms in total. The van der Waals surface area contributed by atoms with Gasteiger partial charge in [-0.25, -0.2) is 9.97 Å². The second-order valence-corrected chi connectivity index (χ2v) is 6.69. The molecule has 0 bridgehead atoms. The van der Waals surface area contributed by atoms with Crippen LogP contribution < -0.4 is 5.73 Å². The molecule has 0 fully saturated rings. The average molecular weight is 387 g/mol. The van der Waals surface area contributed by atoms with Crippen LogP contribution in [0.1, 0.15) is 40.7 Å². The fourth-order valence-corrected chi connectivity index (χ4v) is 3.09. The summed E-state index contributed by atoms with van der Waals surface area (Å²) < 4.78 is 2.96. The van der Waals surface area contributed by atoms with E-state index in [1.807, 2.05) is 31.3 Å². The molecule has 0 aliphatic carbocycles. The molecule has 0 aliphatic heterocycles. The first-order valence-corrected chi connectivity index (χ1v) is 8.69. The molecule has 2 aromatic heterocycles. The molecule has 0 atom stereocenters. The summed E-state index contributed by atoms with van der Waals surface area (Å²) in [7, 11) is 0. The van der Waals surface area contributed by atoms with Crippen molar-refractivity contribution in [2.75, 3.05) is 0 Å². The van der Waals surface area contributed by atoms with Crippen molar-refractivity contribution >= 4 is 32.9 Å². The van der Waals surface area contributed by atoms with Crippen molar-refractivity contribution in [3.05, 3.63) is 57.6 Å². The van der Waals surface area contributed by atoms with Gasteiger partial charge in [-0.3, -0.25) is 4.79 Å². The SMILES string of the molecule is CCCc1nc2c(C)cc(C(N)=O)cc2n1Cc1ccc(Br)nc1. The summed E-state index contributed by atoms with van der Waals surface area (Å²) in [5.74, 6) is 0.593. The highest BCUT2D eigenvalue weighted by atomic mass is 79.9. The smallest absolute Gasteiger partial charge is 0.248 e. The number of carbonyl (C=O) groups excluding carboxylic acids is 1. The average Bonchev–Trinajstić information content (AvgIpc) is 2.88. The number of aryl methyl sites for hydroxylation is 2. The number of imidazole rings is 1. The Hall–Kier alpha value is -2.21. The van der Waals surface area contributed by atoms with Gasteiger partial charge in [0.15, 0.2) is 0 Å². The second-order valence-electron chi connectivity index (χ2n) is 5.88. The van der Waals surface area contributed by atoms with Crippen LogP contribution >= 0.6 is 15.9 Å². The maximum absolute atomic E-state index is 11.6. The van der Waals surface area contributed by atoms with Gasteiger partial charge >= 0.3 is 0 Å². The molecule has 2 heterocycles. The Labute approximate surface area is 149 Å². The zero-order valence-electron chi connectivity index (χ0n) is 13.7. The highest BCUT2D eigenvalue weighted by Crippen LogP contribution is 2.24. The standard InChI is InChI=1S/C18H19BrN4O/c1-3-4-16-22-17-11(2)7-13(18(20)24)8-14(17)23(16)10-12-5-6-15(19)21-9-12/h5-9H,3-4,10H2,1-2H3,(H2,20,24). The lowest BCUT2D eigenvalue weighted by molar-refractivity contribution is 0.100. The number of carbonyl (C=O) groups is 1. The van der Waals surface area contributed by atoms with Crippen molar-refractivity contribution < 1.29 is 4.79 Å². The van der Waals surface area contributed by atoms with E-state index in [-0.39, 0.29) is 0 Å². The quantitative estimate of drug-likeness (QED) is 0.680. The minimum Gasteiger partial charge on any atom is -0.366 e. The minimum atomic E-state index is -0.421. The summed E-state index contributed by atoms with van der Waals surface area (Å²) in [4.78, 5) is 20.7. The van der Waals surface area contributed by atoms with Crippen molar-refractivity contribution in [2.24, 2.45) is 5.73 Å². The number of rotatable bonds is 5. The Balaban J connectivity index is 2.16. The molecule has 1 aromatic carbocycles. The third-order valence-corrected chi connectivity index (χ3v) is 4.48. The second kappa shape index (κ2) is 6.73. The predicted molar refractivity (Wildman–Crippen MR) is 98.0 cm³/mol. The third-order valence-electron chi connectivity index (χ3n) is 4.01. The van der Waals surface area contributed by atoms with Crippen LogP contribution in [0.3, 0.4) is 0 Å². The Kier molecular flexibility index (Phi) is 4.66.